The first-order chi connectivity index (χ1) is 10.9. The highest BCUT2D eigenvalue weighted by atomic mass is 19.4. The maximum atomic E-state index is 13.1. The van der Waals surface area contributed by atoms with Gasteiger partial charge in [0.05, 0.1) is 6.10 Å². The van der Waals surface area contributed by atoms with Crippen molar-refractivity contribution in [3.63, 3.8) is 0 Å². The third-order valence-electron chi connectivity index (χ3n) is 2.68. The minimum absolute atomic E-state index is 0.479. The van der Waals surface area contributed by atoms with Crippen LogP contribution in [0.25, 0.3) is 0 Å². The summed E-state index contributed by atoms with van der Waals surface area (Å²) in [6, 6.07) is 0. The Morgan fingerprint density at radius 1 is 0.462 bits per heavy atom. The lowest BCUT2D eigenvalue weighted by molar-refractivity contribution is -0.474. The van der Waals surface area contributed by atoms with Crippen molar-refractivity contribution in [2.24, 2.45) is 0 Å². The van der Waals surface area contributed by atoms with Crippen LogP contribution in [0.1, 0.15) is 13.8 Å². The Morgan fingerprint density at radius 2 is 0.731 bits per heavy atom. The molecular formula is C10H7F15O. The summed E-state index contributed by atoms with van der Waals surface area (Å²) in [6.45, 7) is 0.958. The molecule has 0 saturated carbocycles. The number of ether oxygens (including phenoxy) is 1. The maximum Gasteiger partial charge on any atom is 0.460 e. The summed E-state index contributed by atoms with van der Waals surface area (Å²) in [6.07, 6.45) is -16.3. The topological polar surface area (TPSA) is 9.23 Å². The van der Waals surface area contributed by atoms with Gasteiger partial charge < -0.3 is 4.74 Å². The number of hydrogen-bond acceptors (Lipinski definition) is 1. The quantitative estimate of drug-likeness (QED) is 0.470. The summed E-state index contributed by atoms with van der Waals surface area (Å²) >= 11 is 0. The second kappa shape index (κ2) is 6.22. The first kappa shape index (κ1) is 24.9. The zero-order chi connectivity index (χ0) is 21.8. The van der Waals surface area contributed by atoms with Crippen molar-refractivity contribution in [2.75, 3.05) is 0 Å². The molecule has 26 heavy (non-hydrogen) atoms. The summed E-state index contributed by atoms with van der Waals surface area (Å²) in [5, 5.41) is 0. The van der Waals surface area contributed by atoms with E-state index in [2.05, 4.69) is 4.74 Å². The number of halogens is 15. The molecule has 0 aliphatic rings. The Morgan fingerprint density at radius 3 is 1.00 bits per heavy atom. The lowest BCUT2D eigenvalue weighted by Gasteiger charge is -2.41. The van der Waals surface area contributed by atoms with Crippen LogP contribution >= 0.6 is 0 Å². The van der Waals surface area contributed by atoms with E-state index in [4.69, 9.17) is 0 Å². The van der Waals surface area contributed by atoms with Gasteiger partial charge in [0.1, 0.15) is 0 Å². The van der Waals surface area contributed by atoms with Crippen molar-refractivity contribution in [3.05, 3.63) is 0 Å². The number of alkyl halides is 15. The van der Waals surface area contributed by atoms with Crippen LogP contribution in [0.5, 0.6) is 0 Å². The smallest absolute Gasteiger partial charge is 0.313 e. The molecule has 0 heterocycles. The maximum absolute atomic E-state index is 13.1. The van der Waals surface area contributed by atoms with Gasteiger partial charge in [0.15, 0.2) is 0 Å². The molecule has 0 bridgehead atoms. The third kappa shape index (κ3) is 3.28. The van der Waals surface area contributed by atoms with Crippen LogP contribution in [0.4, 0.5) is 65.9 Å². The highest BCUT2D eigenvalue weighted by molar-refractivity contribution is 5.11. The van der Waals surface area contributed by atoms with Crippen molar-refractivity contribution in [3.8, 4) is 0 Å². The molecule has 0 N–H and O–H groups in total. The molecule has 158 valence electrons. The Balaban J connectivity index is 6.42. The van der Waals surface area contributed by atoms with Crippen LogP contribution in [0.15, 0.2) is 0 Å². The number of hydrogen-bond donors (Lipinski definition) is 0. The number of rotatable bonds is 7. The van der Waals surface area contributed by atoms with E-state index in [1.54, 1.807) is 0 Å². The molecule has 0 unspecified atom stereocenters. The lowest BCUT2D eigenvalue weighted by atomic mass is 9.93. The molecule has 0 spiro atoms. The summed E-state index contributed by atoms with van der Waals surface area (Å²) in [7, 11) is 0. The van der Waals surface area contributed by atoms with Gasteiger partial charge in [0, 0.05) is 0 Å². The minimum atomic E-state index is -8.29. The van der Waals surface area contributed by atoms with Crippen molar-refractivity contribution in [2.45, 2.75) is 61.8 Å². The lowest BCUT2D eigenvalue weighted by Crippen LogP contribution is -2.73. The Kier molecular flexibility index (Phi) is 5.96. The molecule has 16 heteroatoms. The summed E-state index contributed by atoms with van der Waals surface area (Å²) in [4.78, 5) is 0. The van der Waals surface area contributed by atoms with E-state index >= 15 is 0 Å². The van der Waals surface area contributed by atoms with Gasteiger partial charge in [0.25, 0.3) is 0 Å². The standard InChI is InChI=1S/C10H7F15O/c1-3(2)26-10(24,25)8(19,20)6(15,16)4(11,12)5(13,14)7(17,18)9(21,22)23/h3H,1-2H3. The van der Waals surface area contributed by atoms with E-state index in [1.165, 1.54) is 0 Å². The fourth-order valence-corrected chi connectivity index (χ4v) is 1.32. The second-order valence-electron chi connectivity index (χ2n) is 5.05. The molecule has 0 aliphatic carbocycles. The highest BCUT2D eigenvalue weighted by Gasteiger charge is 2.93. The first-order valence-electron chi connectivity index (χ1n) is 5.93. The fraction of sp³-hybridized carbons (Fsp3) is 1.00. The normalized spacial score (nSPS) is 16.4. The van der Waals surface area contributed by atoms with Gasteiger partial charge in [-0.2, -0.15) is 65.9 Å². The average Bonchev–Trinajstić information content (AvgIpc) is 2.34. The molecule has 0 radical (unpaired) electrons. The van der Waals surface area contributed by atoms with E-state index in [0.717, 1.165) is 0 Å². The predicted molar refractivity (Wildman–Crippen MR) is 52.0 cm³/mol. The Labute approximate surface area is 134 Å². The van der Waals surface area contributed by atoms with E-state index in [0.29, 0.717) is 13.8 Å². The van der Waals surface area contributed by atoms with Crippen LogP contribution in [0.2, 0.25) is 0 Å². The van der Waals surface area contributed by atoms with Gasteiger partial charge in [-0.1, -0.05) is 0 Å². The van der Waals surface area contributed by atoms with Gasteiger partial charge in [-0.3, -0.25) is 0 Å². The van der Waals surface area contributed by atoms with Crippen LogP contribution in [0.3, 0.4) is 0 Å². The van der Waals surface area contributed by atoms with Crippen molar-refractivity contribution >= 4 is 0 Å². The van der Waals surface area contributed by atoms with E-state index < -0.39 is 48.0 Å². The molecule has 0 rings (SSSR count). The molecule has 0 saturated heterocycles. The molecule has 1 nitrogen and oxygen atoms in total. The Bertz CT molecular complexity index is 503. The second-order valence-corrected chi connectivity index (χ2v) is 5.05. The van der Waals surface area contributed by atoms with Gasteiger partial charge in [0.2, 0.25) is 0 Å². The zero-order valence-electron chi connectivity index (χ0n) is 12.2. The molecule has 0 fully saturated rings. The van der Waals surface area contributed by atoms with Gasteiger partial charge in [-0.15, -0.1) is 0 Å². The first-order valence-corrected chi connectivity index (χ1v) is 5.93. The molecule has 0 aliphatic heterocycles. The van der Waals surface area contributed by atoms with E-state index in [9.17, 15) is 65.9 Å². The van der Waals surface area contributed by atoms with Crippen molar-refractivity contribution in [1.29, 1.82) is 0 Å². The summed E-state index contributed by atoms with van der Waals surface area (Å²) in [5.41, 5.74) is 0. The average molecular weight is 428 g/mol. The van der Waals surface area contributed by atoms with Crippen LogP contribution < -0.4 is 0 Å². The predicted octanol–water partition coefficient (Wildman–Crippen LogP) is 5.74. The largest absolute Gasteiger partial charge is 0.460 e. The van der Waals surface area contributed by atoms with Gasteiger partial charge in [-0.05, 0) is 13.8 Å². The minimum Gasteiger partial charge on any atom is -0.313 e. The molecular weight excluding hydrogens is 421 g/mol. The molecule has 0 aromatic carbocycles. The van der Waals surface area contributed by atoms with Gasteiger partial charge in [-0.25, -0.2) is 0 Å². The van der Waals surface area contributed by atoms with Crippen LogP contribution in [-0.2, 0) is 4.74 Å². The zero-order valence-corrected chi connectivity index (χ0v) is 12.2. The third-order valence-corrected chi connectivity index (χ3v) is 2.68. The molecule has 0 atom stereocenters. The monoisotopic (exact) mass is 428 g/mol. The molecule has 0 aromatic heterocycles. The Hall–Kier alpha value is -1.09. The summed E-state index contributed by atoms with van der Waals surface area (Å²) in [5.74, 6) is -40.2. The van der Waals surface area contributed by atoms with Gasteiger partial charge >= 0.3 is 41.9 Å². The van der Waals surface area contributed by atoms with Crippen LogP contribution in [0, 0.1) is 0 Å². The van der Waals surface area contributed by atoms with Crippen LogP contribution in [-0.4, -0.2) is 48.0 Å². The van der Waals surface area contributed by atoms with Crippen molar-refractivity contribution in [1.82, 2.24) is 0 Å². The summed E-state index contributed by atoms with van der Waals surface area (Å²) < 4.78 is 193. The fourth-order valence-electron chi connectivity index (χ4n) is 1.32. The molecule has 0 aromatic rings. The SMILES string of the molecule is CC(C)OC(F)(F)C(F)(F)C(F)(F)C(F)(F)C(F)(F)C(F)(F)C(F)(F)F. The molecule has 0 amide bonds. The van der Waals surface area contributed by atoms with E-state index in [1.807, 2.05) is 0 Å². The highest BCUT2D eigenvalue weighted by Crippen LogP contribution is 2.62. The van der Waals surface area contributed by atoms with Crippen molar-refractivity contribution < 1.29 is 70.6 Å². The van der Waals surface area contributed by atoms with E-state index in [-0.39, 0.29) is 0 Å².